The molecule has 0 spiro atoms. The van der Waals surface area contributed by atoms with E-state index in [1.807, 2.05) is 42.5 Å². The normalized spacial score (nSPS) is 16.7. The number of nitrogens with zero attached hydrogens (tertiary/aromatic N) is 1. The lowest BCUT2D eigenvalue weighted by atomic mass is 10.0. The van der Waals surface area contributed by atoms with Gasteiger partial charge >= 0.3 is 0 Å². The molecule has 142 valence electrons. The lowest BCUT2D eigenvalue weighted by molar-refractivity contribution is -0.126. The summed E-state index contributed by atoms with van der Waals surface area (Å²) in [7, 11) is 1.62. The van der Waals surface area contributed by atoms with Crippen LogP contribution in [0.25, 0.3) is 0 Å². The van der Waals surface area contributed by atoms with Crippen LogP contribution >= 0.6 is 0 Å². The van der Waals surface area contributed by atoms with Crippen molar-refractivity contribution >= 4 is 17.5 Å². The Morgan fingerprint density at radius 3 is 2.74 bits per heavy atom. The van der Waals surface area contributed by atoms with Gasteiger partial charge in [-0.2, -0.15) is 0 Å². The second-order valence-corrected chi connectivity index (χ2v) is 7.22. The van der Waals surface area contributed by atoms with Crippen molar-refractivity contribution in [3.63, 3.8) is 0 Å². The number of rotatable bonds is 6. The summed E-state index contributed by atoms with van der Waals surface area (Å²) in [5, 5.41) is 2.94. The van der Waals surface area contributed by atoms with Gasteiger partial charge in [-0.3, -0.25) is 9.59 Å². The second-order valence-electron chi connectivity index (χ2n) is 7.22. The van der Waals surface area contributed by atoms with E-state index in [0.29, 0.717) is 19.0 Å². The van der Waals surface area contributed by atoms with Crippen molar-refractivity contribution in [1.29, 1.82) is 0 Å². The van der Waals surface area contributed by atoms with Crippen LogP contribution in [0.2, 0.25) is 0 Å². The van der Waals surface area contributed by atoms with Gasteiger partial charge in [-0.1, -0.05) is 38.1 Å². The van der Waals surface area contributed by atoms with E-state index in [2.05, 4.69) is 25.2 Å². The van der Waals surface area contributed by atoms with E-state index >= 15 is 0 Å². The van der Waals surface area contributed by atoms with Crippen LogP contribution in [0.3, 0.4) is 0 Å². The number of nitrogens with one attached hydrogen (secondary N) is 1. The molecule has 2 amide bonds. The molecule has 0 bridgehead atoms. The molecule has 5 heteroatoms. The zero-order valence-corrected chi connectivity index (χ0v) is 16.1. The Bertz CT molecular complexity index is 832. The number of methoxy groups -OCH3 is 1. The molecule has 27 heavy (non-hydrogen) atoms. The van der Waals surface area contributed by atoms with Crippen molar-refractivity contribution in [2.45, 2.75) is 32.7 Å². The van der Waals surface area contributed by atoms with Gasteiger partial charge in [0.05, 0.1) is 13.0 Å². The molecule has 1 aliphatic heterocycles. The quantitative estimate of drug-likeness (QED) is 0.851. The Balaban J connectivity index is 1.62. The van der Waals surface area contributed by atoms with E-state index in [1.54, 1.807) is 12.0 Å². The molecule has 2 aromatic rings. The number of carbonyl (C=O) groups excluding carboxylic acids is 2. The third kappa shape index (κ3) is 4.48. The topological polar surface area (TPSA) is 58.6 Å². The Morgan fingerprint density at radius 2 is 2.00 bits per heavy atom. The molecule has 2 aromatic carbocycles. The highest BCUT2D eigenvalue weighted by Gasteiger charge is 2.35. The number of hydrogen-bond donors (Lipinski definition) is 1. The van der Waals surface area contributed by atoms with Gasteiger partial charge in [0.2, 0.25) is 11.8 Å². The minimum absolute atomic E-state index is 0.00237. The average molecular weight is 366 g/mol. The molecule has 1 unspecified atom stereocenters. The van der Waals surface area contributed by atoms with Gasteiger partial charge in [0, 0.05) is 25.2 Å². The van der Waals surface area contributed by atoms with Crippen molar-refractivity contribution in [3.05, 3.63) is 59.7 Å². The fraction of sp³-hybridized carbons (Fsp3) is 0.364. The van der Waals surface area contributed by atoms with Gasteiger partial charge in [0.1, 0.15) is 5.75 Å². The summed E-state index contributed by atoms with van der Waals surface area (Å²) in [5.74, 6) is 0.732. The van der Waals surface area contributed by atoms with Gasteiger partial charge < -0.3 is 15.0 Å². The number of carbonyl (C=O) groups is 2. The van der Waals surface area contributed by atoms with E-state index in [4.69, 9.17) is 4.74 Å². The predicted molar refractivity (Wildman–Crippen MR) is 106 cm³/mol. The molecule has 1 atom stereocenters. The number of ether oxygens (including phenoxy) is 1. The average Bonchev–Trinajstić information content (AvgIpc) is 3.08. The van der Waals surface area contributed by atoms with Crippen LogP contribution in [-0.4, -0.2) is 25.5 Å². The lowest BCUT2D eigenvalue weighted by Crippen LogP contribution is -2.32. The highest BCUT2D eigenvalue weighted by Crippen LogP contribution is 2.28. The Kier molecular flexibility index (Phi) is 5.79. The molecule has 0 aromatic heterocycles. The maximum absolute atomic E-state index is 12.5. The minimum Gasteiger partial charge on any atom is -0.497 e. The molecule has 1 heterocycles. The van der Waals surface area contributed by atoms with Crippen LogP contribution in [-0.2, 0) is 16.1 Å². The van der Waals surface area contributed by atoms with Crippen molar-refractivity contribution in [2.24, 2.45) is 5.92 Å². The summed E-state index contributed by atoms with van der Waals surface area (Å²) >= 11 is 0. The van der Waals surface area contributed by atoms with Crippen LogP contribution in [0.4, 0.5) is 5.69 Å². The first kappa shape index (κ1) is 19.0. The fourth-order valence-electron chi connectivity index (χ4n) is 3.30. The van der Waals surface area contributed by atoms with Crippen molar-refractivity contribution in [2.75, 3.05) is 18.6 Å². The van der Waals surface area contributed by atoms with Crippen LogP contribution in [0.1, 0.15) is 37.3 Å². The molecule has 0 aliphatic carbocycles. The number of hydrogen-bond acceptors (Lipinski definition) is 3. The third-order valence-corrected chi connectivity index (χ3v) is 4.95. The Labute approximate surface area is 160 Å². The molecule has 0 radical (unpaired) electrons. The lowest BCUT2D eigenvalue weighted by Gasteiger charge is -2.18. The van der Waals surface area contributed by atoms with E-state index in [1.165, 1.54) is 5.56 Å². The summed E-state index contributed by atoms with van der Waals surface area (Å²) < 4.78 is 5.20. The molecule has 5 nitrogen and oxygen atoms in total. The van der Waals surface area contributed by atoms with Crippen LogP contribution < -0.4 is 15.0 Å². The monoisotopic (exact) mass is 366 g/mol. The first-order chi connectivity index (χ1) is 13.0. The molecule has 1 fully saturated rings. The summed E-state index contributed by atoms with van der Waals surface area (Å²) in [6.07, 6.45) is 0.246. The first-order valence-electron chi connectivity index (χ1n) is 9.29. The predicted octanol–water partition coefficient (Wildman–Crippen LogP) is 3.49. The van der Waals surface area contributed by atoms with Crippen LogP contribution in [0.5, 0.6) is 5.75 Å². The summed E-state index contributed by atoms with van der Waals surface area (Å²) in [6.45, 7) is 5.09. The molecule has 0 saturated carbocycles. The minimum atomic E-state index is -0.328. The Hall–Kier alpha value is -2.82. The maximum Gasteiger partial charge on any atom is 0.227 e. The van der Waals surface area contributed by atoms with Gasteiger partial charge in [0.15, 0.2) is 0 Å². The second kappa shape index (κ2) is 8.25. The van der Waals surface area contributed by atoms with E-state index in [0.717, 1.165) is 17.0 Å². The number of amides is 2. The maximum atomic E-state index is 12.5. The third-order valence-electron chi connectivity index (χ3n) is 4.95. The van der Waals surface area contributed by atoms with Gasteiger partial charge in [-0.25, -0.2) is 0 Å². The Morgan fingerprint density at radius 1 is 1.22 bits per heavy atom. The zero-order valence-electron chi connectivity index (χ0n) is 16.1. The van der Waals surface area contributed by atoms with Crippen LogP contribution in [0, 0.1) is 5.92 Å². The van der Waals surface area contributed by atoms with E-state index in [-0.39, 0.29) is 24.2 Å². The SMILES string of the molecule is COc1cccc(CNC(=O)C2CC(=O)N(c3cccc(C(C)C)c3)C2)c1. The highest BCUT2D eigenvalue weighted by atomic mass is 16.5. The molecule has 1 saturated heterocycles. The van der Waals surface area contributed by atoms with Gasteiger partial charge in [-0.05, 0) is 41.3 Å². The van der Waals surface area contributed by atoms with Gasteiger partial charge in [-0.15, -0.1) is 0 Å². The number of anilines is 1. The highest BCUT2D eigenvalue weighted by molar-refractivity contribution is 6.00. The van der Waals surface area contributed by atoms with E-state index < -0.39 is 0 Å². The zero-order chi connectivity index (χ0) is 19.4. The fourth-order valence-corrected chi connectivity index (χ4v) is 3.30. The summed E-state index contributed by atoms with van der Waals surface area (Å²) in [5.41, 5.74) is 3.02. The van der Waals surface area contributed by atoms with E-state index in [9.17, 15) is 9.59 Å². The molecule has 3 rings (SSSR count). The molecular weight excluding hydrogens is 340 g/mol. The van der Waals surface area contributed by atoms with Crippen molar-refractivity contribution in [3.8, 4) is 5.75 Å². The molecule has 1 aliphatic rings. The van der Waals surface area contributed by atoms with Crippen molar-refractivity contribution < 1.29 is 14.3 Å². The summed E-state index contributed by atoms with van der Waals surface area (Å²) in [6, 6.07) is 15.6. The first-order valence-corrected chi connectivity index (χ1v) is 9.29. The van der Waals surface area contributed by atoms with Gasteiger partial charge in [0.25, 0.3) is 0 Å². The molecular formula is C22H26N2O3. The molecule has 1 N–H and O–H groups in total. The number of benzene rings is 2. The standard InChI is InChI=1S/C22H26N2O3/c1-15(2)17-7-5-8-19(11-17)24-14-18(12-21(24)25)22(26)23-13-16-6-4-9-20(10-16)27-3/h4-11,15,18H,12-14H2,1-3H3,(H,23,26). The van der Waals surface area contributed by atoms with Crippen molar-refractivity contribution in [1.82, 2.24) is 5.32 Å². The largest absolute Gasteiger partial charge is 0.497 e. The summed E-state index contributed by atoms with van der Waals surface area (Å²) in [4.78, 5) is 26.7. The van der Waals surface area contributed by atoms with Crippen LogP contribution in [0.15, 0.2) is 48.5 Å². The smallest absolute Gasteiger partial charge is 0.227 e.